The standard InChI is InChI=1S/C30H27FN2O4.H2O/c1-20(2)27-26(10-7-19-37-25-17-11-21(12-18-25)28(34)30(35)36-3)33(24-15-13-23(31)14-16-24)29(32-27)22-8-5-4-6-9-22;/h4-18,20H,19H2,1-3H3;1H2. The first-order chi connectivity index (χ1) is 17.9. The van der Waals surface area contributed by atoms with Crippen LogP contribution < -0.4 is 4.74 Å². The third-order valence-electron chi connectivity index (χ3n) is 5.71. The summed E-state index contributed by atoms with van der Waals surface area (Å²) in [4.78, 5) is 28.3. The second kappa shape index (κ2) is 12.6. The van der Waals surface area contributed by atoms with E-state index in [1.807, 2.05) is 47.1 Å². The lowest BCUT2D eigenvalue weighted by Gasteiger charge is -2.12. The molecule has 1 aromatic heterocycles. The monoisotopic (exact) mass is 516 g/mol. The highest BCUT2D eigenvalue weighted by Gasteiger charge is 2.20. The maximum atomic E-state index is 13.7. The smallest absolute Gasteiger partial charge is 0.379 e. The van der Waals surface area contributed by atoms with Crippen molar-refractivity contribution in [1.29, 1.82) is 0 Å². The van der Waals surface area contributed by atoms with Gasteiger partial charge in [-0.1, -0.05) is 44.2 Å². The van der Waals surface area contributed by atoms with Crippen molar-refractivity contribution in [2.75, 3.05) is 13.7 Å². The van der Waals surface area contributed by atoms with Crippen LogP contribution in [-0.4, -0.2) is 40.5 Å². The van der Waals surface area contributed by atoms with E-state index in [1.165, 1.54) is 31.4 Å². The van der Waals surface area contributed by atoms with Gasteiger partial charge in [-0.25, -0.2) is 14.2 Å². The lowest BCUT2D eigenvalue weighted by Crippen LogP contribution is -2.15. The van der Waals surface area contributed by atoms with E-state index in [1.54, 1.807) is 24.3 Å². The van der Waals surface area contributed by atoms with Gasteiger partial charge < -0.3 is 14.9 Å². The van der Waals surface area contributed by atoms with Gasteiger partial charge in [0.05, 0.1) is 18.5 Å². The molecule has 0 saturated carbocycles. The molecule has 2 N–H and O–H groups in total. The minimum Gasteiger partial charge on any atom is -0.490 e. The fraction of sp³-hybridized carbons (Fsp3) is 0.167. The Kier molecular flexibility index (Phi) is 9.29. The molecule has 38 heavy (non-hydrogen) atoms. The number of aromatic nitrogens is 2. The number of ketones is 1. The number of esters is 1. The average molecular weight is 517 g/mol. The summed E-state index contributed by atoms with van der Waals surface area (Å²) in [5.41, 5.74) is 3.76. The molecular weight excluding hydrogens is 487 g/mol. The molecule has 0 aliphatic heterocycles. The van der Waals surface area contributed by atoms with E-state index in [2.05, 4.69) is 18.6 Å². The number of ether oxygens (including phenoxy) is 2. The zero-order valence-electron chi connectivity index (χ0n) is 21.4. The van der Waals surface area contributed by atoms with Gasteiger partial charge in [0, 0.05) is 16.8 Å². The molecule has 1 heterocycles. The number of rotatable bonds is 9. The highest BCUT2D eigenvalue weighted by molar-refractivity contribution is 6.40. The Bertz CT molecular complexity index is 1410. The SMILES string of the molecule is COC(=O)C(=O)c1ccc(OCC=Cc2c(C(C)C)nc(-c3ccccc3)n2-c2ccc(F)cc2)cc1.O. The normalized spacial score (nSPS) is 10.9. The molecule has 7 nitrogen and oxygen atoms in total. The maximum absolute atomic E-state index is 13.7. The first-order valence-corrected chi connectivity index (χ1v) is 11.8. The molecule has 0 fully saturated rings. The van der Waals surface area contributed by atoms with Crippen molar-refractivity contribution >= 4 is 17.8 Å². The van der Waals surface area contributed by atoms with Crippen LogP contribution in [0.15, 0.2) is 84.9 Å². The van der Waals surface area contributed by atoms with E-state index in [0.717, 1.165) is 28.5 Å². The zero-order chi connectivity index (χ0) is 26.4. The Morgan fingerprint density at radius 1 is 0.974 bits per heavy atom. The lowest BCUT2D eigenvalue weighted by molar-refractivity contribution is -0.135. The van der Waals surface area contributed by atoms with Gasteiger partial charge in [0.25, 0.3) is 5.78 Å². The highest BCUT2D eigenvalue weighted by atomic mass is 19.1. The molecule has 0 saturated heterocycles. The molecule has 3 aromatic carbocycles. The molecule has 0 spiro atoms. The van der Waals surface area contributed by atoms with Crippen LogP contribution in [0.2, 0.25) is 0 Å². The molecule has 196 valence electrons. The summed E-state index contributed by atoms with van der Waals surface area (Å²) in [6.45, 7) is 4.42. The number of carbonyl (C=O) groups excluding carboxylic acids is 2. The number of methoxy groups -OCH3 is 1. The molecule has 0 aliphatic rings. The number of Topliss-reactive ketones (excluding diaryl/α,β-unsaturated/α-hetero) is 1. The molecule has 4 aromatic rings. The molecule has 0 bridgehead atoms. The fourth-order valence-corrected chi connectivity index (χ4v) is 3.88. The number of imidazole rings is 1. The number of hydrogen-bond acceptors (Lipinski definition) is 5. The first-order valence-electron chi connectivity index (χ1n) is 11.8. The molecule has 0 atom stereocenters. The van der Waals surface area contributed by atoms with Crippen LogP contribution in [0.5, 0.6) is 5.75 Å². The minimum atomic E-state index is -0.912. The largest absolute Gasteiger partial charge is 0.490 e. The van der Waals surface area contributed by atoms with Crippen molar-refractivity contribution in [3.05, 3.63) is 108 Å². The molecule has 0 aliphatic carbocycles. The first kappa shape index (κ1) is 28.0. The van der Waals surface area contributed by atoms with Crippen LogP contribution >= 0.6 is 0 Å². The Labute approximate surface area is 220 Å². The van der Waals surface area contributed by atoms with E-state index in [-0.39, 0.29) is 29.4 Å². The van der Waals surface area contributed by atoms with Crippen molar-refractivity contribution in [2.45, 2.75) is 19.8 Å². The van der Waals surface area contributed by atoms with Crippen LogP contribution in [0, 0.1) is 5.82 Å². The van der Waals surface area contributed by atoms with E-state index in [4.69, 9.17) is 9.72 Å². The van der Waals surface area contributed by atoms with Gasteiger partial charge in [-0.2, -0.15) is 0 Å². The van der Waals surface area contributed by atoms with E-state index >= 15 is 0 Å². The van der Waals surface area contributed by atoms with Gasteiger partial charge >= 0.3 is 5.97 Å². The van der Waals surface area contributed by atoms with Crippen molar-refractivity contribution in [3.63, 3.8) is 0 Å². The third kappa shape index (κ3) is 6.22. The van der Waals surface area contributed by atoms with Crippen molar-refractivity contribution < 1.29 is 28.9 Å². The summed E-state index contributed by atoms with van der Waals surface area (Å²) >= 11 is 0. The van der Waals surface area contributed by atoms with Gasteiger partial charge in [0.15, 0.2) is 0 Å². The average Bonchev–Trinajstić information content (AvgIpc) is 3.31. The van der Waals surface area contributed by atoms with Crippen LogP contribution in [-0.2, 0) is 9.53 Å². The Hall–Kier alpha value is -4.56. The van der Waals surface area contributed by atoms with Crippen molar-refractivity contribution in [2.24, 2.45) is 0 Å². The van der Waals surface area contributed by atoms with Gasteiger partial charge in [-0.3, -0.25) is 9.36 Å². The fourth-order valence-electron chi connectivity index (χ4n) is 3.88. The molecule has 0 amide bonds. The van der Waals surface area contributed by atoms with Crippen molar-refractivity contribution in [3.8, 4) is 22.8 Å². The number of halogens is 1. The Balaban J connectivity index is 0.00000400. The zero-order valence-corrected chi connectivity index (χ0v) is 21.4. The van der Waals surface area contributed by atoms with E-state index in [0.29, 0.717) is 5.75 Å². The van der Waals surface area contributed by atoms with Gasteiger partial charge in [0.1, 0.15) is 24.0 Å². The van der Waals surface area contributed by atoms with Crippen molar-refractivity contribution in [1.82, 2.24) is 9.55 Å². The summed E-state index contributed by atoms with van der Waals surface area (Å²) in [6.07, 6.45) is 3.83. The lowest BCUT2D eigenvalue weighted by atomic mass is 10.1. The van der Waals surface area contributed by atoms with Crippen LogP contribution in [0.3, 0.4) is 0 Å². The quantitative estimate of drug-likeness (QED) is 0.168. The Morgan fingerprint density at radius 2 is 1.63 bits per heavy atom. The van der Waals surface area contributed by atoms with Gasteiger partial charge in [0.2, 0.25) is 0 Å². The summed E-state index contributed by atoms with van der Waals surface area (Å²) in [5, 5.41) is 0. The van der Waals surface area contributed by atoms with Crippen LogP contribution in [0.25, 0.3) is 23.2 Å². The minimum absolute atomic E-state index is 0. The maximum Gasteiger partial charge on any atom is 0.379 e. The Morgan fingerprint density at radius 3 is 2.24 bits per heavy atom. The van der Waals surface area contributed by atoms with Gasteiger partial charge in [-0.15, -0.1) is 0 Å². The molecule has 0 radical (unpaired) electrons. The summed E-state index contributed by atoms with van der Waals surface area (Å²) in [7, 11) is 1.17. The molecule has 0 unspecified atom stereocenters. The number of benzene rings is 3. The van der Waals surface area contributed by atoms with Crippen LogP contribution in [0.4, 0.5) is 4.39 Å². The predicted octanol–water partition coefficient (Wildman–Crippen LogP) is 5.43. The highest BCUT2D eigenvalue weighted by Crippen LogP contribution is 2.31. The van der Waals surface area contributed by atoms with E-state index < -0.39 is 11.8 Å². The van der Waals surface area contributed by atoms with E-state index in [9.17, 15) is 14.0 Å². The summed E-state index contributed by atoms with van der Waals surface area (Å²) in [6, 6.07) is 22.5. The predicted molar refractivity (Wildman–Crippen MR) is 144 cm³/mol. The van der Waals surface area contributed by atoms with Crippen LogP contribution in [0.1, 0.15) is 41.5 Å². The third-order valence-corrected chi connectivity index (χ3v) is 5.71. The molecule has 8 heteroatoms. The van der Waals surface area contributed by atoms with Gasteiger partial charge in [-0.05, 0) is 66.6 Å². The number of carbonyl (C=O) groups is 2. The molecule has 4 rings (SSSR count). The topological polar surface area (TPSA) is 102 Å². The number of hydrogen-bond donors (Lipinski definition) is 0. The summed E-state index contributed by atoms with van der Waals surface area (Å²) in [5.74, 6) is -0.471. The second-order valence-corrected chi connectivity index (χ2v) is 8.60. The summed E-state index contributed by atoms with van der Waals surface area (Å²) < 4.78 is 26.0. The molecular formula is C30H29FN2O5. The number of nitrogens with zero attached hydrogens (tertiary/aromatic N) is 2. The second-order valence-electron chi connectivity index (χ2n) is 8.60.